The van der Waals surface area contributed by atoms with Crippen molar-refractivity contribution in [2.45, 2.75) is 31.6 Å². The number of benzene rings is 1. The SMILES string of the molecule is C/C(Sc1cccc(C#N)c1)=C(N)\N=C(/N(C)C=O)N1CCC(C)CC1. The second-order valence-electron chi connectivity index (χ2n) is 6.48. The van der Waals surface area contributed by atoms with E-state index in [0.29, 0.717) is 23.3 Å². The van der Waals surface area contributed by atoms with Crippen molar-refractivity contribution >= 4 is 24.1 Å². The Labute approximate surface area is 159 Å². The standard InChI is InChI=1S/C19H25N5OS/c1-14-7-9-24(10-8-14)19(23(3)13-25)22-18(21)15(2)26-17-6-4-5-16(11-17)12-20/h4-6,11,13-14H,7-10,21H2,1-3H3/b18-15+,22-19+. The maximum absolute atomic E-state index is 11.3. The Morgan fingerprint density at radius 2 is 2.15 bits per heavy atom. The van der Waals surface area contributed by atoms with E-state index in [9.17, 15) is 4.79 Å². The Morgan fingerprint density at radius 3 is 2.77 bits per heavy atom. The molecule has 1 aliphatic rings. The number of rotatable bonds is 4. The van der Waals surface area contributed by atoms with Crippen LogP contribution in [-0.2, 0) is 4.79 Å². The Balaban J connectivity index is 2.23. The molecule has 1 aliphatic heterocycles. The fraction of sp³-hybridized carbons (Fsp3) is 0.421. The third-order valence-electron chi connectivity index (χ3n) is 4.36. The van der Waals surface area contributed by atoms with Crippen LogP contribution in [0.25, 0.3) is 0 Å². The van der Waals surface area contributed by atoms with Gasteiger partial charge in [0.05, 0.1) is 11.6 Å². The van der Waals surface area contributed by atoms with Crippen molar-refractivity contribution in [3.05, 3.63) is 40.6 Å². The molecule has 0 radical (unpaired) electrons. The number of amides is 1. The smallest absolute Gasteiger partial charge is 0.216 e. The summed E-state index contributed by atoms with van der Waals surface area (Å²) in [6, 6.07) is 9.48. The average molecular weight is 372 g/mol. The molecular formula is C19H25N5OS. The highest BCUT2D eigenvalue weighted by molar-refractivity contribution is 8.03. The molecule has 0 bridgehead atoms. The number of piperidine rings is 1. The van der Waals surface area contributed by atoms with Gasteiger partial charge in [0.15, 0.2) is 0 Å². The summed E-state index contributed by atoms with van der Waals surface area (Å²) in [7, 11) is 1.69. The second-order valence-corrected chi connectivity index (χ2v) is 7.77. The third-order valence-corrected chi connectivity index (χ3v) is 5.36. The van der Waals surface area contributed by atoms with Crippen LogP contribution in [0.2, 0.25) is 0 Å². The molecule has 1 aromatic rings. The van der Waals surface area contributed by atoms with Gasteiger partial charge >= 0.3 is 0 Å². The summed E-state index contributed by atoms with van der Waals surface area (Å²) in [5.74, 6) is 1.64. The molecule has 1 heterocycles. The lowest BCUT2D eigenvalue weighted by atomic mass is 9.99. The topological polar surface area (TPSA) is 85.7 Å². The number of carbonyl (C=O) groups excluding carboxylic acids is 1. The monoisotopic (exact) mass is 371 g/mol. The lowest BCUT2D eigenvalue weighted by Gasteiger charge is -2.34. The van der Waals surface area contributed by atoms with Crippen LogP contribution in [0, 0.1) is 17.2 Å². The first-order valence-electron chi connectivity index (χ1n) is 8.60. The minimum Gasteiger partial charge on any atom is -0.383 e. The van der Waals surface area contributed by atoms with E-state index in [2.05, 4.69) is 22.9 Å². The zero-order chi connectivity index (χ0) is 19.1. The summed E-state index contributed by atoms with van der Waals surface area (Å²) in [5, 5.41) is 9.01. The van der Waals surface area contributed by atoms with Crippen molar-refractivity contribution in [3.63, 3.8) is 0 Å². The lowest BCUT2D eigenvalue weighted by Crippen LogP contribution is -2.46. The number of guanidine groups is 1. The summed E-state index contributed by atoms with van der Waals surface area (Å²) in [4.78, 5) is 21.2. The Hall–Kier alpha value is -2.46. The lowest BCUT2D eigenvalue weighted by molar-refractivity contribution is -0.114. The van der Waals surface area contributed by atoms with Crippen molar-refractivity contribution in [1.82, 2.24) is 9.80 Å². The fourth-order valence-corrected chi connectivity index (χ4v) is 3.51. The molecule has 6 nitrogen and oxygen atoms in total. The summed E-state index contributed by atoms with van der Waals surface area (Å²) in [5.41, 5.74) is 6.81. The highest BCUT2D eigenvalue weighted by Crippen LogP contribution is 2.28. The van der Waals surface area contributed by atoms with Crippen molar-refractivity contribution in [2.75, 3.05) is 20.1 Å². The van der Waals surface area contributed by atoms with E-state index in [-0.39, 0.29) is 0 Å². The molecule has 1 fully saturated rings. The van der Waals surface area contributed by atoms with Gasteiger partial charge in [-0.05, 0) is 43.9 Å². The molecule has 0 aliphatic carbocycles. The van der Waals surface area contributed by atoms with Gasteiger partial charge in [-0.15, -0.1) is 0 Å². The van der Waals surface area contributed by atoms with Crippen LogP contribution in [0.15, 0.2) is 44.9 Å². The highest BCUT2D eigenvalue weighted by Gasteiger charge is 2.21. The number of nitrogens with two attached hydrogens (primary N) is 1. The van der Waals surface area contributed by atoms with Crippen LogP contribution in [0.4, 0.5) is 0 Å². The van der Waals surface area contributed by atoms with E-state index >= 15 is 0 Å². The van der Waals surface area contributed by atoms with E-state index in [1.807, 2.05) is 25.1 Å². The van der Waals surface area contributed by atoms with Crippen molar-refractivity contribution in [1.29, 1.82) is 5.26 Å². The summed E-state index contributed by atoms with van der Waals surface area (Å²) < 4.78 is 0. The quantitative estimate of drug-likeness (QED) is 0.381. The van der Waals surface area contributed by atoms with Gasteiger partial charge in [-0.1, -0.05) is 24.8 Å². The zero-order valence-electron chi connectivity index (χ0n) is 15.5. The number of hydrogen-bond acceptors (Lipinski definition) is 5. The van der Waals surface area contributed by atoms with Gasteiger partial charge in [-0.3, -0.25) is 9.69 Å². The maximum Gasteiger partial charge on any atom is 0.216 e. The Kier molecular flexibility index (Phi) is 7.10. The van der Waals surface area contributed by atoms with Gasteiger partial charge in [0.2, 0.25) is 12.4 Å². The molecule has 1 amide bonds. The van der Waals surface area contributed by atoms with Crippen LogP contribution in [0.5, 0.6) is 0 Å². The largest absolute Gasteiger partial charge is 0.383 e. The van der Waals surface area contributed by atoms with E-state index in [4.69, 9.17) is 11.0 Å². The van der Waals surface area contributed by atoms with Crippen LogP contribution in [-0.4, -0.2) is 42.3 Å². The predicted octanol–water partition coefficient (Wildman–Crippen LogP) is 2.97. The molecular weight excluding hydrogens is 346 g/mol. The zero-order valence-corrected chi connectivity index (χ0v) is 16.3. The molecule has 2 rings (SSSR count). The first-order chi connectivity index (χ1) is 12.4. The van der Waals surface area contributed by atoms with Crippen LogP contribution in [0.1, 0.15) is 32.3 Å². The van der Waals surface area contributed by atoms with E-state index < -0.39 is 0 Å². The number of nitriles is 1. The van der Waals surface area contributed by atoms with Gasteiger partial charge in [-0.2, -0.15) is 10.3 Å². The number of aliphatic imine (C=N–C) groups is 1. The van der Waals surface area contributed by atoms with Crippen LogP contribution in [0.3, 0.4) is 0 Å². The minimum atomic E-state index is 0.375. The number of hydrogen-bond donors (Lipinski definition) is 1. The number of thioether (sulfide) groups is 1. The Bertz CT molecular complexity index is 745. The molecule has 0 unspecified atom stereocenters. The number of likely N-dealkylation sites (tertiary alicyclic amines) is 1. The van der Waals surface area contributed by atoms with Gasteiger partial charge in [-0.25, -0.2) is 0 Å². The molecule has 2 N–H and O–H groups in total. The Morgan fingerprint density at radius 1 is 1.46 bits per heavy atom. The molecule has 0 atom stereocenters. The van der Waals surface area contributed by atoms with E-state index in [1.54, 1.807) is 13.1 Å². The molecule has 26 heavy (non-hydrogen) atoms. The maximum atomic E-state index is 11.3. The molecule has 1 aromatic carbocycles. The summed E-state index contributed by atoms with van der Waals surface area (Å²) in [6.07, 6.45) is 2.90. The van der Waals surface area contributed by atoms with Gasteiger partial charge in [0.25, 0.3) is 0 Å². The summed E-state index contributed by atoms with van der Waals surface area (Å²) in [6.45, 7) is 5.85. The highest BCUT2D eigenvalue weighted by atomic mass is 32.2. The van der Waals surface area contributed by atoms with Gasteiger partial charge in [0.1, 0.15) is 5.82 Å². The normalized spacial score (nSPS) is 16.7. The molecule has 0 aromatic heterocycles. The van der Waals surface area contributed by atoms with Gasteiger partial charge in [0, 0.05) is 29.9 Å². The average Bonchev–Trinajstić information content (AvgIpc) is 2.66. The number of allylic oxidation sites excluding steroid dienone is 1. The molecule has 0 saturated carbocycles. The van der Waals surface area contributed by atoms with Crippen LogP contribution < -0.4 is 5.73 Å². The molecule has 0 spiro atoms. The van der Waals surface area contributed by atoms with Gasteiger partial charge < -0.3 is 10.6 Å². The number of carbonyl (C=O) groups is 1. The van der Waals surface area contributed by atoms with Crippen molar-refractivity contribution in [3.8, 4) is 6.07 Å². The van der Waals surface area contributed by atoms with Crippen molar-refractivity contribution in [2.24, 2.45) is 16.6 Å². The third kappa shape index (κ3) is 5.27. The molecule has 138 valence electrons. The van der Waals surface area contributed by atoms with E-state index in [1.165, 1.54) is 16.7 Å². The van der Waals surface area contributed by atoms with E-state index in [0.717, 1.165) is 42.1 Å². The summed E-state index contributed by atoms with van der Waals surface area (Å²) >= 11 is 1.46. The second kappa shape index (κ2) is 9.30. The molecule has 7 heteroatoms. The van der Waals surface area contributed by atoms with Crippen molar-refractivity contribution < 1.29 is 4.79 Å². The predicted molar refractivity (Wildman–Crippen MR) is 105 cm³/mol. The van der Waals surface area contributed by atoms with Crippen LogP contribution >= 0.6 is 11.8 Å². The minimum absolute atomic E-state index is 0.375. The first-order valence-corrected chi connectivity index (χ1v) is 9.42. The molecule has 1 saturated heterocycles. The fourth-order valence-electron chi connectivity index (χ4n) is 2.67. The number of nitrogens with zero attached hydrogens (tertiary/aromatic N) is 4. The first kappa shape index (κ1) is 19.9.